The summed E-state index contributed by atoms with van der Waals surface area (Å²) >= 11 is 1.96. The highest BCUT2D eigenvalue weighted by molar-refractivity contribution is 7.99. The molecular weight excluding hydrogens is 340 g/mol. The summed E-state index contributed by atoms with van der Waals surface area (Å²) in [6.45, 7) is 9.01. The molecule has 2 aromatic carbocycles. The molecule has 3 heteroatoms. The van der Waals surface area contributed by atoms with E-state index in [1.807, 2.05) is 43.0 Å². The van der Waals surface area contributed by atoms with Crippen LogP contribution in [-0.4, -0.2) is 18.3 Å². The van der Waals surface area contributed by atoms with Crippen LogP contribution in [0.3, 0.4) is 0 Å². The van der Waals surface area contributed by atoms with Crippen LogP contribution >= 0.6 is 11.8 Å². The lowest BCUT2D eigenvalue weighted by molar-refractivity contribution is 0.0526. The maximum Gasteiger partial charge on any atom is 0.338 e. The first kappa shape index (κ1) is 18.8. The smallest absolute Gasteiger partial charge is 0.338 e. The van der Waals surface area contributed by atoms with E-state index < -0.39 is 0 Å². The average molecular weight is 367 g/mol. The number of carbonyl (C=O) groups excluding carboxylic acids is 1. The summed E-state index contributed by atoms with van der Waals surface area (Å²) in [6.07, 6.45) is 3.39. The second-order valence-electron chi connectivity index (χ2n) is 7.36. The first-order valence-electron chi connectivity index (χ1n) is 9.14. The summed E-state index contributed by atoms with van der Waals surface area (Å²) < 4.78 is 5.03. The van der Waals surface area contributed by atoms with Crippen LogP contribution in [0.2, 0.25) is 0 Å². The summed E-state index contributed by atoms with van der Waals surface area (Å²) in [5.41, 5.74) is 5.88. The number of fused-ring (bicyclic) bond motifs is 1. The maximum atomic E-state index is 11.7. The van der Waals surface area contributed by atoms with Crippen LogP contribution in [0.4, 0.5) is 0 Å². The fraction of sp³-hybridized carbons (Fsp3) is 0.348. The van der Waals surface area contributed by atoms with Crippen molar-refractivity contribution >= 4 is 29.4 Å². The third-order valence-corrected chi connectivity index (χ3v) is 6.01. The molecule has 0 fully saturated rings. The highest BCUT2D eigenvalue weighted by atomic mass is 32.2. The lowest BCUT2D eigenvalue weighted by Gasteiger charge is -2.32. The van der Waals surface area contributed by atoms with E-state index >= 15 is 0 Å². The van der Waals surface area contributed by atoms with Gasteiger partial charge in [-0.05, 0) is 71.9 Å². The van der Waals surface area contributed by atoms with E-state index in [1.165, 1.54) is 33.8 Å². The number of allylic oxidation sites excluding steroid dienone is 1. The van der Waals surface area contributed by atoms with Crippen LogP contribution < -0.4 is 0 Å². The molecule has 3 rings (SSSR count). The first-order chi connectivity index (χ1) is 12.4. The van der Waals surface area contributed by atoms with Crippen LogP contribution in [0, 0.1) is 0 Å². The van der Waals surface area contributed by atoms with Gasteiger partial charge < -0.3 is 4.74 Å². The third-order valence-electron chi connectivity index (χ3n) is 4.96. The lowest BCUT2D eigenvalue weighted by atomic mass is 9.81. The summed E-state index contributed by atoms with van der Waals surface area (Å²) in [5, 5.41) is 0. The molecule has 0 aliphatic carbocycles. The van der Waals surface area contributed by atoms with E-state index in [0.29, 0.717) is 12.2 Å². The van der Waals surface area contributed by atoms with Crippen LogP contribution in [-0.2, 0) is 10.2 Å². The molecule has 1 aliphatic rings. The molecule has 0 atom stereocenters. The molecule has 0 unspecified atom stereocenters. The Morgan fingerprint density at radius 2 is 1.85 bits per heavy atom. The summed E-state index contributed by atoms with van der Waals surface area (Å²) in [5.74, 6) is 0.913. The second-order valence-corrected chi connectivity index (χ2v) is 8.50. The number of esters is 1. The maximum absolute atomic E-state index is 11.7. The number of ether oxygens (including phenoxy) is 1. The van der Waals surface area contributed by atoms with Gasteiger partial charge in [0.25, 0.3) is 0 Å². The fourth-order valence-electron chi connectivity index (χ4n) is 3.26. The normalized spacial score (nSPS) is 16.1. The lowest BCUT2D eigenvalue weighted by Crippen LogP contribution is -2.22. The van der Waals surface area contributed by atoms with Gasteiger partial charge in [-0.1, -0.05) is 44.2 Å². The Morgan fingerprint density at radius 3 is 2.54 bits per heavy atom. The Balaban J connectivity index is 1.83. The number of thioether (sulfide) groups is 1. The van der Waals surface area contributed by atoms with Crippen molar-refractivity contribution in [2.75, 3.05) is 12.4 Å². The fourth-order valence-corrected chi connectivity index (χ4v) is 4.80. The number of rotatable bonds is 4. The van der Waals surface area contributed by atoms with Crippen molar-refractivity contribution in [3.8, 4) is 0 Å². The highest BCUT2D eigenvalue weighted by Crippen LogP contribution is 2.42. The zero-order valence-electron chi connectivity index (χ0n) is 16.0. The van der Waals surface area contributed by atoms with Gasteiger partial charge in [-0.25, -0.2) is 4.79 Å². The van der Waals surface area contributed by atoms with E-state index in [-0.39, 0.29) is 11.4 Å². The molecular formula is C23H26O2S. The van der Waals surface area contributed by atoms with Crippen molar-refractivity contribution in [2.45, 2.75) is 44.4 Å². The van der Waals surface area contributed by atoms with Crippen molar-refractivity contribution in [2.24, 2.45) is 0 Å². The Labute approximate surface area is 160 Å². The number of hydrogen-bond donors (Lipinski definition) is 0. The molecule has 1 heterocycles. The predicted octanol–water partition coefficient (Wildman–Crippen LogP) is 6.20. The number of carbonyl (C=O) groups is 1. The van der Waals surface area contributed by atoms with Crippen molar-refractivity contribution in [1.82, 2.24) is 0 Å². The Hall–Kier alpha value is -2.00. The van der Waals surface area contributed by atoms with Gasteiger partial charge in [-0.2, -0.15) is 0 Å². The monoisotopic (exact) mass is 366 g/mol. The van der Waals surface area contributed by atoms with Crippen LogP contribution in [0.1, 0.15) is 61.2 Å². The van der Waals surface area contributed by atoms with Crippen LogP contribution in [0.15, 0.2) is 47.4 Å². The minimum absolute atomic E-state index is 0.264. The Bertz CT molecular complexity index is 832. The minimum Gasteiger partial charge on any atom is -0.462 e. The highest BCUT2D eigenvalue weighted by Gasteiger charge is 2.27. The molecule has 26 heavy (non-hydrogen) atoms. The van der Waals surface area contributed by atoms with Crippen molar-refractivity contribution in [1.29, 1.82) is 0 Å². The largest absolute Gasteiger partial charge is 0.462 e. The van der Waals surface area contributed by atoms with Gasteiger partial charge >= 0.3 is 5.97 Å². The van der Waals surface area contributed by atoms with Crippen molar-refractivity contribution in [3.63, 3.8) is 0 Å². The van der Waals surface area contributed by atoms with Gasteiger partial charge in [-0.15, -0.1) is 11.8 Å². The van der Waals surface area contributed by atoms with E-state index in [2.05, 4.69) is 45.0 Å². The number of hydrogen-bond acceptors (Lipinski definition) is 3. The number of benzene rings is 2. The van der Waals surface area contributed by atoms with Crippen LogP contribution in [0.5, 0.6) is 0 Å². The van der Waals surface area contributed by atoms with E-state index in [1.54, 1.807) is 0 Å². The van der Waals surface area contributed by atoms with E-state index in [0.717, 1.165) is 5.56 Å². The van der Waals surface area contributed by atoms with Crippen molar-refractivity contribution in [3.05, 3.63) is 64.7 Å². The molecule has 0 amide bonds. The van der Waals surface area contributed by atoms with Crippen molar-refractivity contribution < 1.29 is 9.53 Å². The molecule has 2 nitrogen and oxygen atoms in total. The quantitative estimate of drug-likeness (QED) is 0.476. The molecule has 0 spiro atoms. The zero-order valence-corrected chi connectivity index (χ0v) is 16.8. The minimum atomic E-state index is -0.269. The average Bonchev–Trinajstić information content (AvgIpc) is 2.62. The Morgan fingerprint density at radius 1 is 1.15 bits per heavy atom. The van der Waals surface area contributed by atoms with Gasteiger partial charge in [0.2, 0.25) is 0 Å². The third kappa shape index (κ3) is 4.04. The van der Waals surface area contributed by atoms with Gasteiger partial charge in [0.1, 0.15) is 0 Å². The van der Waals surface area contributed by atoms with Gasteiger partial charge in [-0.3, -0.25) is 0 Å². The molecule has 1 aliphatic heterocycles. The molecule has 0 saturated heterocycles. The Kier molecular flexibility index (Phi) is 5.57. The molecule has 0 radical (unpaired) electrons. The van der Waals surface area contributed by atoms with E-state index in [9.17, 15) is 4.79 Å². The predicted molar refractivity (Wildman–Crippen MR) is 111 cm³/mol. The summed E-state index contributed by atoms with van der Waals surface area (Å²) in [6, 6.07) is 14.4. The van der Waals surface area contributed by atoms with Gasteiger partial charge in [0.05, 0.1) is 12.2 Å². The van der Waals surface area contributed by atoms with Gasteiger partial charge in [0, 0.05) is 4.90 Å². The summed E-state index contributed by atoms with van der Waals surface area (Å²) in [4.78, 5) is 13.2. The first-order valence-corrected chi connectivity index (χ1v) is 10.1. The molecule has 2 aromatic rings. The van der Waals surface area contributed by atoms with Gasteiger partial charge in [0.15, 0.2) is 0 Å². The molecule has 0 saturated carbocycles. The SMILES string of the molecule is CCOC(=O)c1ccc(C=C(C)c2ccc3c(c2)SCCC3(C)C)cc1. The molecule has 0 aromatic heterocycles. The molecule has 0 bridgehead atoms. The zero-order chi connectivity index (χ0) is 18.7. The standard InChI is InChI=1S/C23H26O2S/c1-5-25-22(24)18-8-6-17(7-9-18)14-16(2)19-10-11-20-21(15-19)26-13-12-23(20,3)4/h6-11,14-15H,5,12-13H2,1-4H3. The topological polar surface area (TPSA) is 26.3 Å². The summed E-state index contributed by atoms with van der Waals surface area (Å²) in [7, 11) is 0. The molecule has 136 valence electrons. The second kappa shape index (κ2) is 7.71. The van der Waals surface area contributed by atoms with Crippen LogP contribution in [0.25, 0.3) is 11.6 Å². The molecule has 0 N–H and O–H groups in total. The van der Waals surface area contributed by atoms with E-state index in [4.69, 9.17) is 4.74 Å².